The third-order valence-electron chi connectivity index (χ3n) is 7.14. The van der Waals surface area contributed by atoms with Gasteiger partial charge in [0, 0.05) is 38.1 Å². The largest absolute Gasteiger partial charge is 0.480 e. The fraction of sp³-hybridized carbons (Fsp3) is 0.857. The third kappa shape index (κ3) is 4.34. The normalized spacial score (nSPS) is 29.0. The summed E-state index contributed by atoms with van der Waals surface area (Å²) in [6.07, 6.45) is 6.42. The van der Waals surface area contributed by atoms with Gasteiger partial charge < -0.3 is 14.9 Å². The van der Waals surface area contributed by atoms with E-state index in [4.69, 9.17) is 0 Å². The van der Waals surface area contributed by atoms with Gasteiger partial charge in [-0.15, -0.1) is 0 Å². The van der Waals surface area contributed by atoms with Crippen LogP contribution in [0.4, 0.5) is 0 Å². The van der Waals surface area contributed by atoms with Crippen LogP contribution in [0, 0.1) is 11.8 Å². The summed E-state index contributed by atoms with van der Waals surface area (Å²) in [6.45, 7) is 5.37. The van der Waals surface area contributed by atoms with E-state index in [1.807, 2.05) is 30.7 Å². The molecule has 0 aromatic carbocycles. The summed E-state index contributed by atoms with van der Waals surface area (Å²) in [5.41, 5.74) is 0. The molecule has 2 aliphatic heterocycles. The molecule has 158 valence electrons. The molecule has 0 aromatic rings. The van der Waals surface area contributed by atoms with Crippen LogP contribution in [0.3, 0.4) is 0 Å². The van der Waals surface area contributed by atoms with Crippen LogP contribution in [0.25, 0.3) is 0 Å². The molecule has 1 aliphatic carbocycles. The fourth-order valence-corrected chi connectivity index (χ4v) is 5.20. The quantitative estimate of drug-likeness (QED) is 0.770. The Morgan fingerprint density at radius 1 is 1.07 bits per heavy atom. The Hall–Kier alpha value is -1.63. The number of nitrogens with zero attached hydrogens (tertiary/aromatic N) is 3. The van der Waals surface area contributed by atoms with E-state index in [-0.39, 0.29) is 36.4 Å². The minimum absolute atomic E-state index is 0.0144. The molecule has 1 saturated carbocycles. The average Bonchev–Trinajstić information content (AvgIpc) is 3.05. The molecule has 3 aliphatic rings. The van der Waals surface area contributed by atoms with Gasteiger partial charge in [0.05, 0.1) is 6.54 Å². The van der Waals surface area contributed by atoms with Crippen molar-refractivity contribution in [2.45, 2.75) is 76.9 Å². The first kappa shape index (κ1) is 21.1. The molecule has 0 bridgehead atoms. The van der Waals surface area contributed by atoms with E-state index in [0.717, 1.165) is 19.3 Å². The van der Waals surface area contributed by atoms with Crippen molar-refractivity contribution < 1.29 is 19.5 Å². The van der Waals surface area contributed by atoms with Crippen LogP contribution in [-0.4, -0.2) is 82.4 Å². The molecular formula is C21H35N3O4. The van der Waals surface area contributed by atoms with Crippen molar-refractivity contribution in [3.63, 3.8) is 0 Å². The molecule has 1 N–H and O–H groups in total. The van der Waals surface area contributed by atoms with Crippen molar-refractivity contribution in [1.29, 1.82) is 0 Å². The number of amides is 2. The Kier molecular flexibility index (Phi) is 6.63. The van der Waals surface area contributed by atoms with E-state index >= 15 is 0 Å². The maximum atomic E-state index is 12.9. The first-order valence-electron chi connectivity index (χ1n) is 10.8. The topological polar surface area (TPSA) is 81.2 Å². The number of fused-ring (bicyclic) bond motifs is 1. The van der Waals surface area contributed by atoms with Crippen molar-refractivity contribution in [3.8, 4) is 0 Å². The number of carbonyl (C=O) groups excluding carboxylic acids is 2. The minimum Gasteiger partial charge on any atom is -0.480 e. The monoisotopic (exact) mass is 393 g/mol. The van der Waals surface area contributed by atoms with Crippen molar-refractivity contribution in [2.75, 3.05) is 26.7 Å². The van der Waals surface area contributed by atoms with Gasteiger partial charge >= 0.3 is 5.97 Å². The predicted molar refractivity (Wildman–Crippen MR) is 106 cm³/mol. The van der Waals surface area contributed by atoms with Gasteiger partial charge in [0.15, 0.2) is 0 Å². The van der Waals surface area contributed by atoms with E-state index in [1.165, 1.54) is 6.42 Å². The molecular weight excluding hydrogens is 358 g/mol. The van der Waals surface area contributed by atoms with E-state index < -0.39 is 12.0 Å². The van der Waals surface area contributed by atoms with Gasteiger partial charge in [0.25, 0.3) is 0 Å². The molecule has 0 radical (unpaired) electrons. The zero-order valence-electron chi connectivity index (χ0n) is 17.5. The maximum absolute atomic E-state index is 12.9. The molecule has 7 heteroatoms. The minimum atomic E-state index is -0.803. The van der Waals surface area contributed by atoms with Gasteiger partial charge in [-0.2, -0.15) is 0 Å². The molecule has 3 atom stereocenters. The van der Waals surface area contributed by atoms with Gasteiger partial charge in [-0.1, -0.05) is 12.8 Å². The van der Waals surface area contributed by atoms with Crippen LogP contribution in [-0.2, 0) is 14.4 Å². The van der Waals surface area contributed by atoms with E-state index in [1.54, 1.807) is 4.90 Å². The van der Waals surface area contributed by atoms with Gasteiger partial charge in [-0.05, 0) is 51.9 Å². The number of rotatable bonds is 5. The van der Waals surface area contributed by atoms with Crippen molar-refractivity contribution in [2.24, 2.45) is 11.8 Å². The van der Waals surface area contributed by atoms with Gasteiger partial charge in [-0.3, -0.25) is 19.3 Å². The molecule has 3 unspecified atom stereocenters. The second-order valence-electron chi connectivity index (χ2n) is 9.07. The summed E-state index contributed by atoms with van der Waals surface area (Å²) in [4.78, 5) is 42.7. The number of hydrogen-bond donors (Lipinski definition) is 1. The van der Waals surface area contributed by atoms with Crippen molar-refractivity contribution >= 4 is 17.8 Å². The SMILES string of the molecule is CC(C)N(C)C(=O)C1CCN(C(=O)CN2C(C(=O)O)CC3CCCCC32)CC1. The summed E-state index contributed by atoms with van der Waals surface area (Å²) >= 11 is 0. The molecule has 2 amide bonds. The Bertz CT molecular complexity index is 600. The molecule has 2 heterocycles. The van der Waals surface area contributed by atoms with E-state index in [9.17, 15) is 19.5 Å². The molecule has 0 spiro atoms. The fourth-order valence-electron chi connectivity index (χ4n) is 5.20. The zero-order chi connectivity index (χ0) is 20.4. The third-order valence-corrected chi connectivity index (χ3v) is 7.14. The highest BCUT2D eigenvalue weighted by Crippen LogP contribution is 2.39. The second-order valence-corrected chi connectivity index (χ2v) is 9.07. The van der Waals surface area contributed by atoms with Crippen LogP contribution in [0.2, 0.25) is 0 Å². The lowest BCUT2D eigenvalue weighted by molar-refractivity contribution is -0.146. The number of hydrogen-bond acceptors (Lipinski definition) is 4. The highest BCUT2D eigenvalue weighted by Gasteiger charge is 2.46. The molecule has 3 fully saturated rings. The highest BCUT2D eigenvalue weighted by atomic mass is 16.4. The van der Waals surface area contributed by atoms with Crippen molar-refractivity contribution in [3.05, 3.63) is 0 Å². The lowest BCUT2D eigenvalue weighted by atomic mass is 9.85. The first-order chi connectivity index (χ1) is 13.3. The summed E-state index contributed by atoms with van der Waals surface area (Å²) < 4.78 is 0. The van der Waals surface area contributed by atoms with Crippen LogP contribution >= 0.6 is 0 Å². The Labute approximate surface area is 168 Å². The summed E-state index contributed by atoms with van der Waals surface area (Å²) in [5.74, 6) is -0.225. The Morgan fingerprint density at radius 2 is 1.71 bits per heavy atom. The van der Waals surface area contributed by atoms with Crippen LogP contribution in [0.15, 0.2) is 0 Å². The zero-order valence-corrected chi connectivity index (χ0v) is 17.5. The Morgan fingerprint density at radius 3 is 2.32 bits per heavy atom. The summed E-state index contributed by atoms with van der Waals surface area (Å²) in [7, 11) is 1.84. The average molecular weight is 394 g/mol. The maximum Gasteiger partial charge on any atom is 0.320 e. The smallest absolute Gasteiger partial charge is 0.320 e. The van der Waals surface area contributed by atoms with Gasteiger partial charge in [0.1, 0.15) is 6.04 Å². The lowest BCUT2D eigenvalue weighted by Crippen LogP contribution is -2.51. The summed E-state index contributed by atoms with van der Waals surface area (Å²) in [5, 5.41) is 9.64. The molecule has 7 nitrogen and oxygen atoms in total. The second kappa shape index (κ2) is 8.80. The van der Waals surface area contributed by atoms with Gasteiger partial charge in [0.2, 0.25) is 11.8 Å². The van der Waals surface area contributed by atoms with E-state index in [2.05, 4.69) is 0 Å². The van der Waals surface area contributed by atoms with Crippen molar-refractivity contribution in [1.82, 2.24) is 14.7 Å². The molecule has 3 rings (SSSR count). The number of carboxylic acids is 1. The van der Waals surface area contributed by atoms with Crippen LogP contribution in [0.1, 0.15) is 58.8 Å². The van der Waals surface area contributed by atoms with E-state index in [0.29, 0.717) is 38.3 Å². The van der Waals surface area contributed by atoms with Crippen LogP contribution in [0.5, 0.6) is 0 Å². The number of piperidine rings is 1. The standard InChI is InChI=1S/C21H35N3O4/c1-14(2)22(3)20(26)15-8-10-23(11-9-15)19(25)13-24-17-7-5-4-6-16(17)12-18(24)21(27)28/h14-18H,4-13H2,1-3H3,(H,27,28). The first-order valence-corrected chi connectivity index (χ1v) is 10.8. The Balaban J connectivity index is 1.56. The highest BCUT2D eigenvalue weighted by molar-refractivity contribution is 5.82. The number of likely N-dealkylation sites (tertiary alicyclic amines) is 2. The number of aliphatic carboxylic acids is 1. The van der Waals surface area contributed by atoms with Gasteiger partial charge in [-0.25, -0.2) is 0 Å². The molecule has 28 heavy (non-hydrogen) atoms. The lowest BCUT2D eigenvalue weighted by Gasteiger charge is -2.37. The van der Waals surface area contributed by atoms with Crippen LogP contribution < -0.4 is 0 Å². The molecule has 0 aromatic heterocycles. The number of carboxylic acid groups (broad SMARTS) is 1. The molecule has 2 saturated heterocycles. The number of carbonyl (C=O) groups is 3. The summed E-state index contributed by atoms with van der Waals surface area (Å²) in [6, 6.07) is -0.118. The predicted octanol–water partition coefficient (Wildman–Crippen LogP) is 1.81.